The molecule has 0 aliphatic rings. The Morgan fingerprint density at radius 2 is 1.80 bits per heavy atom. The van der Waals surface area contributed by atoms with Gasteiger partial charge in [0, 0.05) is 15.7 Å². The molecule has 0 fully saturated rings. The standard InChI is InChI=1S/C19H22BrN3O2/c1-14-10-16(20)8-9-17(14)22-18(24)11-21-19(25)13-23(2)12-15-6-4-3-5-7-15/h3-10H,11-13H2,1-2H3,(H,21,25)(H,22,24)/p+1. The molecule has 0 spiro atoms. The average molecular weight is 405 g/mol. The van der Waals surface area contributed by atoms with Crippen LogP contribution in [0.25, 0.3) is 0 Å². The van der Waals surface area contributed by atoms with Gasteiger partial charge >= 0.3 is 0 Å². The van der Waals surface area contributed by atoms with Crippen LogP contribution in [0.1, 0.15) is 11.1 Å². The maximum atomic E-state index is 12.0. The van der Waals surface area contributed by atoms with Crippen LogP contribution in [0.3, 0.4) is 0 Å². The summed E-state index contributed by atoms with van der Waals surface area (Å²) in [5.74, 6) is -0.379. The summed E-state index contributed by atoms with van der Waals surface area (Å²) in [6.45, 7) is 2.96. The van der Waals surface area contributed by atoms with Crippen molar-refractivity contribution in [1.82, 2.24) is 5.32 Å². The zero-order valence-corrected chi connectivity index (χ0v) is 16.0. The van der Waals surface area contributed by atoms with Gasteiger partial charge in [-0.2, -0.15) is 0 Å². The van der Waals surface area contributed by atoms with E-state index in [-0.39, 0.29) is 18.4 Å². The average Bonchev–Trinajstić information content (AvgIpc) is 2.56. The van der Waals surface area contributed by atoms with E-state index < -0.39 is 0 Å². The van der Waals surface area contributed by atoms with E-state index in [1.165, 1.54) is 5.56 Å². The van der Waals surface area contributed by atoms with Crippen LogP contribution in [0, 0.1) is 6.92 Å². The maximum Gasteiger partial charge on any atom is 0.275 e. The van der Waals surface area contributed by atoms with Crippen LogP contribution < -0.4 is 15.5 Å². The molecule has 2 amide bonds. The number of halogens is 1. The Kier molecular flexibility index (Phi) is 7.16. The summed E-state index contributed by atoms with van der Waals surface area (Å²) in [7, 11) is 1.96. The van der Waals surface area contributed by atoms with Crippen molar-refractivity contribution in [2.24, 2.45) is 0 Å². The van der Waals surface area contributed by atoms with Gasteiger partial charge in [-0.05, 0) is 30.7 Å². The van der Waals surface area contributed by atoms with Gasteiger partial charge in [0.1, 0.15) is 6.54 Å². The van der Waals surface area contributed by atoms with E-state index in [9.17, 15) is 9.59 Å². The van der Waals surface area contributed by atoms with Gasteiger partial charge in [0.15, 0.2) is 6.54 Å². The highest BCUT2D eigenvalue weighted by Crippen LogP contribution is 2.19. The number of likely N-dealkylation sites (N-methyl/N-ethyl adjacent to an activating group) is 1. The van der Waals surface area contributed by atoms with Gasteiger partial charge in [0.05, 0.1) is 13.6 Å². The molecule has 132 valence electrons. The Balaban J connectivity index is 1.74. The number of rotatable bonds is 7. The first kappa shape index (κ1) is 19.1. The molecule has 6 heteroatoms. The second-order valence-corrected chi connectivity index (χ2v) is 7.00. The number of benzene rings is 2. The smallest absolute Gasteiger partial charge is 0.275 e. The monoisotopic (exact) mass is 404 g/mol. The number of hydrogen-bond acceptors (Lipinski definition) is 2. The number of quaternary nitrogens is 1. The first-order valence-electron chi connectivity index (χ1n) is 8.12. The summed E-state index contributed by atoms with van der Waals surface area (Å²) in [4.78, 5) is 25.0. The van der Waals surface area contributed by atoms with Gasteiger partial charge < -0.3 is 15.5 Å². The molecular weight excluding hydrogens is 382 g/mol. The van der Waals surface area contributed by atoms with Gasteiger partial charge in [-0.3, -0.25) is 9.59 Å². The van der Waals surface area contributed by atoms with Gasteiger partial charge in [-0.15, -0.1) is 0 Å². The summed E-state index contributed by atoms with van der Waals surface area (Å²) in [6.07, 6.45) is 0. The molecule has 0 heterocycles. The highest BCUT2D eigenvalue weighted by molar-refractivity contribution is 9.10. The summed E-state index contributed by atoms with van der Waals surface area (Å²) in [6, 6.07) is 15.6. The van der Waals surface area contributed by atoms with Crippen LogP contribution in [0.4, 0.5) is 5.69 Å². The second kappa shape index (κ2) is 9.34. The quantitative estimate of drug-likeness (QED) is 0.655. The van der Waals surface area contributed by atoms with Crippen molar-refractivity contribution in [3.05, 3.63) is 64.1 Å². The predicted molar refractivity (Wildman–Crippen MR) is 102 cm³/mol. The lowest BCUT2D eigenvalue weighted by Crippen LogP contribution is -3.08. The number of hydrogen-bond donors (Lipinski definition) is 3. The third-order valence-corrected chi connectivity index (χ3v) is 4.21. The highest BCUT2D eigenvalue weighted by atomic mass is 79.9. The lowest BCUT2D eigenvalue weighted by Gasteiger charge is -2.14. The van der Waals surface area contributed by atoms with Crippen LogP contribution in [0.2, 0.25) is 0 Å². The molecule has 2 aromatic rings. The van der Waals surface area contributed by atoms with E-state index >= 15 is 0 Å². The van der Waals surface area contributed by atoms with E-state index in [1.54, 1.807) is 0 Å². The highest BCUT2D eigenvalue weighted by Gasteiger charge is 2.12. The predicted octanol–water partition coefficient (Wildman–Crippen LogP) is 1.53. The Labute approximate surface area is 156 Å². The number of carbonyl (C=O) groups excluding carboxylic acids is 2. The molecule has 0 radical (unpaired) electrons. The molecule has 0 aliphatic carbocycles. The Bertz CT molecular complexity index is 735. The third kappa shape index (κ3) is 6.68. The van der Waals surface area contributed by atoms with Crippen LogP contribution in [-0.4, -0.2) is 32.0 Å². The fourth-order valence-corrected chi connectivity index (χ4v) is 2.96. The van der Waals surface area contributed by atoms with Crippen LogP contribution in [0.5, 0.6) is 0 Å². The maximum absolute atomic E-state index is 12.0. The lowest BCUT2D eigenvalue weighted by atomic mass is 10.2. The van der Waals surface area contributed by atoms with Crippen molar-refractivity contribution in [3.8, 4) is 0 Å². The molecule has 0 aromatic heterocycles. The van der Waals surface area contributed by atoms with Crippen molar-refractivity contribution in [2.75, 3.05) is 25.5 Å². The second-order valence-electron chi connectivity index (χ2n) is 6.08. The zero-order chi connectivity index (χ0) is 18.2. The molecule has 3 N–H and O–H groups in total. The van der Waals surface area contributed by atoms with Gasteiger partial charge in [0.2, 0.25) is 5.91 Å². The molecule has 0 saturated carbocycles. The normalized spacial score (nSPS) is 11.6. The van der Waals surface area contributed by atoms with Crippen molar-refractivity contribution < 1.29 is 14.5 Å². The fourth-order valence-electron chi connectivity index (χ4n) is 2.48. The van der Waals surface area contributed by atoms with E-state index in [4.69, 9.17) is 0 Å². The molecule has 0 bridgehead atoms. The Hall–Kier alpha value is -2.18. The SMILES string of the molecule is Cc1cc(Br)ccc1NC(=O)CNC(=O)C[NH+](C)Cc1ccccc1. The molecule has 5 nitrogen and oxygen atoms in total. The molecular formula is C19H23BrN3O2+. The molecule has 0 aliphatic heterocycles. The molecule has 0 saturated heterocycles. The minimum Gasteiger partial charge on any atom is -0.342 e. The Morgan fingerprint density at radius 1 is 1.08 bits per heavy atom. The molecule has 2 aromatic carbocycles. The molecule has 25 heavy (non-hydrogen) atoms. The van der Waals surface area contributed by atoms with E-state index in [2.05, 4.69) is 26.6 Å². The minimum atomic E-state index is -0.237. The molecule has 1 atom stereocenters. The largest absolute Gasteiger partial charge is 0.342 e. The lowest BCUT2D eigenvalue weighted by molar-refractivity contribution is -0.885. The van der Waals surface area contributed by atoms with Crippen molar-refractivity contribution in [1.29, 1.82) is 0 Å². The van der Waals surface area contributed by atoms with Crippen LogP contribution in [0.15, 0.2) is 53.0 Å². The summed E-state index contributed by atoms with van der Waals surface area (Å²) in [5, 5.41) is 5.47. The van der Waals surface area contributed by atoms with Crippen molar-refractivity contribution >= 4 is 33.4 Å². The zero-order valence-electron chi connectivity index (χ0n) is 14.4. The topological polar surface area (TPSA) is 62.6 Å². The van der Waals surface area contributed by atoms with Crippen LogP contribution >= 0.6 is 15.9 Å². The molecule has 1 unspecified atom stereocenters. The number of aryl methyl sites for hydroxylation is 1. The first-order chi connectivity index (χ1) is 11.9. The number of amides is 2. The van der Waals surface area contributed by atoms with Crippen LogP contribution in [-0.2, 0) is 16.1 Å². The Morgan fingerprint density at radius 3 is 2.48 bits per heavy atom. The van der Waals surface area contributed by atoms with E-state index in [0.717, 1.165) is 27.2 Å². The van der Waals surface area contributed by atoms with E-state index in [1.807, 2.05) is 62.5 Å². The number of nitrogens with one attached hydrogen (secondary N) is 3. The fraction of sp³-hybridized carbons (Fsp3) is 0.263. The third-order valence-electron chi connectivity index (χ3n) is 3.72. The van der Waals surface area contributed by atoms with Gasteiger partial charge in [-0.1, -0.05) is 46.3 Å². The van der Waals surface area contributed by atoms with Gasteiger partial charge in [0.25, 0.3) is 5.91 Å². The first-order valence-corrected chi connectivity index (χ1v) is 8.91. The van der Waals surface area contributed by atoms with Crippen molar-refractivity contribution in [3.63, 3.8) is 0 Å². The molecule has 2 rings (SSSR count). The summed E-state index contributed by atoms with van der Waals surface area (Å²) >= 11 is 3.39. The summed E-state index contributed by atoms with van der Waals surface area (Å²) in [5.41, 5.74) is 2.88. The van der Waals surface area contributed by atoms with Crippen molar-refractivity contribution in [2.45, 2.75) is 13.5 Å². The van der Waals surface area contributed by atoms with Gasteiger partial charge in [-0.25, -0.2) is 0 Å². The number of carbonyl (C=O) groups is 2. The van der Waals surface area contributed by atoms with E-state index in [0.29, 0.717) is 6.54 Å². The number of anilines is 1. The minimum absolute atomic E-state index is 0.0348. The summed E-state index contributed by atoms with van der Waals surface area (Å²) < 4.78 is 0.959.